The summed E-state index contributed by atoms with van der Waals surface area (Å²) in [6.45, 7) is 4.10. The minimum Gasteiger partial charge on any atom is -0.344 e. The van der Waals surface area contributed by atoms with Gasteiger partial charge in [-0.05, 0) is 44.2 Å². The molecule has 0 aliphatic carbocycles. The van der Waals surface area contributed by atoms with Gasteiger partial charge in [-0.25, -0.2) is 4.98 Å². The molecule has 0 radical (unpaired) electrons. The molecule has 0 aliphatic heterocycles. The van der Waals surface area contributed by atoms with Gasteiger partial charge >= 0.3 is 0 Å². The van der Waals surface area contributed by atoms with Crippen molar-refractivity contribution in [3.63, 3.8) is 0 Å². The summed E-state index contributed by atoms with van der Waals surface area (Å²) in [5.41, 5.74) is 2.86. The van der Waals surface area contributed by atoms with Crippen LogP contribution in [0, 0.1) is 11.3 Å². The zero-order valence-corrected chi connectivity index (χ0v) is 17.6. The molecule has 0 saturated heterocycles. The lowest BCUT2D eigenvalue weighted by molar-refractivity contribution is -0.115. The van der Waals surface area contributed by atoms with Gasteiger partial charge in [0.25, 0.3) is 0 Å². The Morgan fingerprint density at radius 2 is 1.97 bits per heavy atom. The molecule has 8 heteroatoms. The number of fused-ring (bicyclic) bond motifs is 1. The van der Waals surface area contributed by atoms with Crippen LogP contribution in [0.3, 0.4) is 0 Å². The monoisotopic (exact) mass is 424 g/mol. The molecule has 1 amide bonds. The van der Waals surface area contributed by atoms with Crippen LogP contribution in [0.25, 0.3) is 10.9 Å². The van der Waals surface area contributed by atoms with Crippen LogP contribution in [-0.2, 0) is 11.2 Å². The predicted octanol–water partition coefficient (Wildman–Crippen LogP) is 3.69. The minimum atomic E-state index is -0.320. The van der Waals surface area contributed by atoms with Crippen molar-refractivity contribution in [2.24, 2.45) is 0 Å². The summed E-state index contributed by atoms with van der Waals surface area (Å²) in [5.74, 6) is -0.214. The first kappa shape index (κ1) is 20.9. The summed E-state index contributed by atoms with van der Waals surface area (Å²) in [6.07, 6.45) is 8.17. The molecule has 4 heterocycles. The summed E-state index contributed by atoms with van der Waals surface area (Å²) in [4.78, 5) is 38.1. The Morgan fingerprint density at radius 1 is 1.12 bits per heavy atom. The number of aromatic nitrogens is 4. The van der Waals surface area contributed by atoms with E-state index >= 15 is 0 Å². The molecule has 1 N–H and O–H groups in total. The zero-order chi connectivity index (χ0) is 22.7. The third-order valence-corrected chi connectivity index (χ3v) is 5.02. The van der Waals surface area contributed by atoms with Crippen LogP contribution in [-0.4, -0.2) is 31.2 Å². The van der Waals surface area contributed by atoms with Crippen molar-refractivity contribution >= 4 is 28.4 Å². The molecule has 0 aromatic carbocycles. The van der Waals surface area contributed by atoms with E-state index in [-0.39, 0.29) is 30.0 Å². The molecule has 0 bridgehead atoms. The first-order valence-corrected chi connectivity index (χ1v) is 10.1. The smallest absolute Gasteiger partial charge is 0.231 e. The molecule has 0 fully saturated rings. The number of nitrogens with one attached hydrogen (secondary N) is 1. The van der Waals surface area contributed by atoms with E-state index in [0.29, 0.717) is 22.4 Å². The Hall–Kier alpha value is -4.38. The molecule has 158 valence electrons. The normalized spacial score (nSPS) is 10.8. The van der Waals surface area contributed by atoms with E-state index in [1.807, 2.05) is 22.9 Å². The van der Waals surface area contributed by atoms with Gasteiger partial charge in [0, 0.05) is 59.2 Å². The quantitative estimate of drug-likeness (QED) is 0.472. The zero-order valence-electron chi connectivity index (χ0n) is 17.6. The highest BCUT2D eigenvalue weighted by Gasteiger charge is 2.19. The molecule has 32 heavy (non-hydrogen) atoms. The standard InChI is InChI=1S/C24H20N6O2/c1-15(2)30-14-20(19-13-26-7-6-21(19)30)24(32)17-5-8-27-22(9-17)29-23(31)10-18-4-3-16(11-25)12-28-18/h3-9,12-15H,10H2,1-2H3,(H,27,29,31). The maximum Gasteiger partial charge on any atom is 0.231 e. The van der Waals surface area contributed by atoms with E-state index in [0.717, 1.165) is 10.9 Å². The Balaban J connectivity index is 1.55. The van der Waals surface area contributed by atoms with Crippen LogP contribution in [0.1, 0.15) is 47.1 Å². The van der Waals surface area contributed by atoms with Crippen LogP contribution >= 0.6 is 0 Å². The number of nitrogens with zero attached hydrogens (tertiary/aromatic N) is 5. The van der Waals surface area contributed by atoms with Crippen molar-refractivity contribution in [3.8, 4) is 6.07 Å². The molecule has 0 saturated carbocycles. The van der Waals surface area contributed by atoms with Gasteiger partial charge in [-0.3, -0.25) is 19.6 Å². The fourth-order valence-electron chi connectivity index (χ4n) is 3.45. The van der Waals surface area contributed by atoms with E-state index in [1.165, 1.54) is 12.4 Å². The van der Waals surface area contributed by atoms with Gasteiger partial charge in [0.2, 0.25) is 5.91 Å². The number of nitriles is 1. The van der Waals surface area contributed by atoms with Crippen LogP contribution < -0.4 is 5.32 Å². The second kappa shape index (κ2) is 8.78. The van der Waals surface area contributed by atoms with Crippen LogP contribution in [0.2, 0.25) is 0 Å². The summed E-state index contributed by atoms with van der Waals surface area (Å²) in [7, 11) is 0. The number of anilines is 1. The second-order valence-corrected chi connectivity index (χ2v) is 7.57. The number of carbonyl (C=O) groups is 2. The number of rotatable bonds is 6. The first-order chi connectivity index (χ1) is 15.5. The number of hydrogen-bond donors (Lipinski definition) is 1. The molecule has 8 nitrogen and oxygen atoms in total. The molecule has 0 aliphatic rings. The van der Waals surface area contributed by atoms with Crippen molar-refractivity contribution in [1.82, 2.24) is 19.5 Å². The highest BCUT2D eigenvalue weighted by molar-refractivity contribution is 6.16. The largest absolute Gasteiger partial charge is 0.344 e. The SMILES string of the molecule is CC(C)n1cc(C(=O)c2ccnc(NC(=O)Cc3ccc(C#N)cn3)c2)c2cnccc21. The second-order valence-electron chi connectivity index (χ2n) is 7.57. The third-order valence-electron chi connectivity index (χ3n) is 5.02. The van der Waals surface area contributed by atoms with E-state index in [2.05, 4.69) is 34.1 Å². The van der Waals surface area contributed by atoms with Crippen molar-refractivity contribution in [1.29, 1.82) is 5.26 Å². The van der Waals surface area contributed by atoms with Gasteiger partial charge in [-0.2, -0.15) is 5.26 Å². The van der Waals surface area contributed by atoms with E-state index in [4.69, 9.17) is 5.26 Å². The first-order valence-electron chi connectivity index (χ1n) is 10.1. The van der Waals surface area contributed by atoms with Crippen LogP contribution in [0.4, 0.5) is 5.82 Å². The van der Waals surface area contributed by atoms with Crippen molar-refractivity contribution < 1.29 is 9.59 Å². The maximum absolute atomic E-state index is 13.3. The molecule has 4 rings (SSSR count). The number of pyridine rings is 3. The Labute approximate surface area is 184 Å². The van der Waals surface area contributed by atoms with E-state index in [9.17, 15) is 9.59 Å². The summed E-state index contributed by atoms with van der Waals surface area (Å²) in [6, 6.07) is 10.5. The fourth-order valence-corrected chi connectivity index (χ4v) is 3.45. The van der Waals surface area contributed by atoms with Crippen molar-refractivity contribution in [2.75, 3.05) is 5.32 Å². The summed E-state index contributed by atoms with van der Waals surface area (Å²) >= 11 is 0. The maximum atomic E-state index is 13.3. The minimum absolute atomic E-state index is 0.0269. The van der Waals surface area contributed by atoms with E-state index in [1.54, 1.807) is 36.7 Å². The summed E-state index contributed by atoms with van der Waals surface area (Å²) < 4.78 is 2.04. The topological polar surface area (TPSA) is 114 Å². The Morgan fingerprint density at radius 3 is 2.69 bits per heavy atom. The average molecular weight is 424 g/mol. The highest BCUT2D eigenvalue weighted by Crippen LogP contribution is 2.26. The average Bonchev–Trinajstić information content (AvgIpc) is 3.19. The Bertz CT molecular complexity index is 1350. The van der Waals surface area contributed by atoms with Gasteiger partial charge in [-0.1, -0.05) is 0 Å². The Kier molecular flexibility index (Phi) is 5.73. The summed E-state index contributed by atoms with van der Waals surface area (Å²) in [5, 5.41) is 12.3. The van der Waals surface area contributed by atoms with E-state index < -0.39 is 0 Å². The van der Waals surface area contributed by atoms with Crippen molar-refractivity contribution in [3.05, 3.63) is 83.7 Å². The molecule has 4 aromatic rings. The van der Waals surface area contributed by atoms with Gasteiger partial charge < -0.3 is 9.88 Å². The lowest BCUT2D eigenvalue weighted by Crippen LogP contribution is -2.16. The highest BCUT2D eigenvalue weighted by atomic mass is 16.1. The number of ketones is 1. The third kappa shape index (κ3) is 4.23. The van der Waals surface area contributed by atoms with Crippen molar-refractivity contribution in [2.45, 2.75) is 26.3 Å². The number of carbonyl (C=O) groups excluding carboxylic acids is 2. The van der Waals surface area contributed by atoms with Crippen LogP contribution in [0.5, 0.6) is 0 Å². The predicted molar refractivity (Wildman–Crippen MR) is 119 cm³/mol. The van der Waals surface area contributed by atoms with Gasteiger partial charge in [-0.15, -0.1) is 0 Å². The molecule has 0 unspecified atom stereocenters. The number of hydrogen-bond acceptors (Lipinski definition) is 6. The molecule has 0 spiro atoms. The number of amides is 1. The molecular weight excluding hydrogens is 404 g/mol. The molecule has 0 atom stereocenters. The fraction of sp³-hybridized carbons (Fsp3) is 0.167. The lowest BCUT2D eigenvalue weighted by atomic mass is 10.0. The molecule has 4 aromatic heterocycles. The van der Waals surface area contributed by atoms with Gasteiger partial charge in [0.15, 0.2) is 5.78 Å². The lowest BCUT2D eigenvalue weighted by Gasteiger charge is -2.08. The van der Waals surface area contributed by atoms with Crippen LogP contribution in [0.15, 0.2) is 61.3 Å². The van der Waals surface area contributed by atoms with Gasteiger partial charge in [0.1, 0.15) is 11.9 Å². The molecular formula is C24H20N6O2. The van der Waals surface area contributed by atoms with Gasteiger partial charge in [0.05, 0.1) is 17.5 Å².